The maximum atomic E-state index is 12.9. The van der Waals surface area contributed by atoms with E-state index in [1.807, 2.05) is 36.4 Å². The molecule has 0 fully saturated rings. The van der Waals surface area contributed by atoms with Gasteiger partial charge in [0.25, 0.3) is 5.56 Å². The van der Waals surface area contributed by atoms with Gasteiger partial charge in [0.15, 0.2) is 16.7 Å². The molecule has 0 saturated carbocycles. The normalized spacial score (nSPS) is 16.8. The largest absolute Gasteiger partial charge is 0.454 e. The number of benzene rings is 2. The predicted octanol–water partition coefficient (Wildman–Crippen LogP) is 3.92. The predicted molar refractivity (Wildman–Crippen MR) is 114 cm³/mol. The van der Waals surface area contributed by atoms with E-state index in [1.165, 1.54) is 11.8 Å². The van der Waals surface area contributed by atoms with E-state index in [0.717, 1.165) is 11.1 Å². The van der Waals surface area contributed by atoms with Gasteiger partial charge in [-0.05, 0) is 29.3 Å². The first-order chi connectivity index (χ1) is 14.6. The van der Waals surface area contributed by atoms with E-state index in [1.54, 1.807) is 6.07 Å². The Morgan fingerprint density at radius 1 is 1.13 bits per heavy atom. The summed E-state index contributed by atoms with van der Waals surface area (Å²) in [5.74, 6) is 1.49. The number of fused-ring (bicyclic) bond motifs is 2. The van der Waals surface area contributed by atoms with Crippen LogP contribution in [0.4, 0.5) is 5.82 Å². The van der Waals surface area contributed by atoms with Crippen molar-refractivity contribution in [3.63, 3.8) is 0 Å². The molecule has 0 radical (unpaired) electrons. The fourth-order valence-corrected chi connectivity index (χ4v) is 4.74. The second-order valence-corrected chi connectivity index (χ2v) is 8.30. The van der Waals surface area contributed by atoms with E-state index in [-0.39, 0.29) is 24.7 Å². The summed E-state index contributed by atoms with van der Waals surface area (Å²) >= 11 is 7.55. The minimum absolute atomic E-state index is 0.156. The highest BCUT2D eigenvalue weighted by atomic mass is 35.5. The van der Waals surface area contributed by atoms with Crippen molar-refractivity contribution in [3.8, 4) is 11.5 Å². The quantitative estimate of drug-likeness (QED) is 0.471. The molecule has 2 aliphatic heterocycles. The molecule has 1 aromatic heterocycles. The zero-order valence-corrected chi connectivity index (χ0v) is 17.2. The van der Waals surface area contributed by atoms with Gasteiger partial charge in [-0.15, -0.1) is 0 Å². The van der Waals surface area contributed by atoms with Crippen molar-refractivity contribution < 1.29 is 14.3 Å². The summed E-state index contributed by atoms with van der Waals surface area (Å²) < 4.78 is 10.8. The Morgan fingerprint density at radius 2 is 1.97 bits per heavy atom. The van der Waals surface area contributed by atoms with Gasteiger partial charge in [-0.1, -0.05) is 47.6 Å². The van der Waals surface area contributed by atoms with Crippen LogP contribution in [0.2, 0.25) is 5.02 Å². The number of amides is 1. The molecule has 1 amide bonds. The summed E-state index contributed by atoms with van der Waals surface area (Å²) in [4.78, 5) is 32.6. The van der Waals surface area contributed by atoms with E-state index in [0.29, 0.717) is 38.8 Å². The summed E-state index contributed by atoms with van der Waals surface area (Å²) in [6.45, 7) is 0.161. The molecule has 7 nitrogen and oxygen atoms in total. The number of anilines is 1. The molecule has 9 heteroatoms. The molecule has 30 heavy (non-hydrogen) atoms. The van der Waals surface area contributed by atoms with Crippen LogP contribution in [-0.2, 0) is 10.5 Å². The molecule has 0 spiro atoms. The van der Waals surface area contributed by atoms with Crippen molar-refractivity contribution in [2.24, 2.45) is 0 Å². The number of carbonyl (C=O) groups excluding carboxylic acids is 1. The van der Waals surface area contributed by atoms with Crippen LogP contribution in [0.15, 0.2) is 52.4 Å². The number of nitrogens with one attached hydrogen (secondary N) is 2. The Balaban J connectivity index is 1.47. The minimum Gasteiger partial charge on any atom is -0.454 e. The molecule has 2 aliphatic rings. The summed E-state index contributed by atoms with van der Waals surface area (Å²) in [5, 5.41) is 3.81. The van der Waals surface area contributed by atoms with Crippen LogP contribution >= 0.6 is 23.4 Å². The van der Waals surface area contributed by atoms with Crippen LogP contribution in [-0.4, -0.2) is 22.7 Å². The fourth-order valence-electron chi connectivity index (χ4n) is 3.60. The smallest absolute Gasteiger partial charge is 0.257 e. The van der Waals surface area contributed by atoms with Crippen molar-refractivity contribution in [1.82, 2.24) is 9.97 Å². The number of thioether (sulfide) groups is 1. The molecule has 1 atom stereocenters. The number of hydrogen-bond acceptors (Lipinski definition) is 6. The zero-order valence-electron chi connectivity index (χ0n) is 15.6. The first kappa shape index (κ1) is 19.0. The lowest BCUT2D eigenvalue weighted by Gasteiger charge is -2.24. The van der Waals surface area contributed by atoms with Crippen molar-refractivity contribution in [2.75, 3.05) is 12.1 Å². The molecule has 3 aromatic rings. The van der Waals surface area contributed by atoms with Gasteiger partial charge in [0.1, 0.15) is 5.82 Å². The number of H-pyrrole nitrogens is 1. The highest BCUT2D eigenvalue weighted by Gasteiger charge is 2.32. The fraction of sp³-hybridized carbons (Fsp3) is 0.190. The maximum Gasteiger partial charge on any atom is 0.257 e. The third kappa shape index (κ3) is 3.53. The monoisotopic (exact) mass is 441 g/mol. The number of carbonyl (C=O) groups is 1. The first-order valence-electron chi connectivity index (χ1n) is 9.28. The molecular formula is C21H16ClN3O4S. The zero-order chi connectivity index (χ0) is 20.7. The highest BCUT2D eigenvalue weighted by Crippen LogP contribution is 2.40. The van der Waals surface area contributed by atoms with Gasteiger partial charge in [-0.3, -0.25) is 9.59 Å². The van der Waals surface area contributed by atoms with Crippen LogP contribution in [0.1, 0.15) is 29.0 Å². The van der Waals surface area contributed by atoms with Crippen LogP contribution < -0.4 is 20.3 Å². The highest BCUT2D eigenvalue weighted by molar-refractivity contribution is 7.98. The molecule has 2 aromatic carbocycles. The SMILES string of the molecule is O=C1C[C@H](c2ccc3c(c2)OCO3)c2c(nc(SCc3ccccc3Cl)[nH]c2=O)N1. The third-order valence-electron chi connectivity index (χ3n) is 5.05. The molecule has 0 unspecified atom stereocenters. The van der Waals surface area contributed by atoms with Gasteiger partial charge in [0.2, 0.25) is 12.7 Å². The summed E-state index contributed by atoms with van der Waals surface area (Å²) in [6.07, 6.45) is 0.156. The van der Waals surface area contributed by atoms with E-state index in [2.05, 4.69) is 15.3 Å². The Morgan fingerprint density at radius 3 is 2.83 bits per heavy atom. The van der Waals surface area contributed by atoms with E-state index < -0.39 is 5.92 Å². The summed E-state index contributed by atoms with van der Waals surface area (Å²) in [6, 6.07) is 13.0. The Bertz CT molecular complexity index is 1210. The number of rotatable bonds is 4. The maximum absolute atomic E-state index is 12.9. The average Bonchev–Trinajstić information content (AvgIpc) is 3.20. The summed E-state index contributed by atoms with van der Waals surface area (Å²) in [5.41, 5.74) is 1.91. The summed E-state index contributed by atoms with van der Waals surface area (Å²) in [7, 11) is 0. The van der Waals surface area contributed by atoms with Crippen molar-refractivity contribution >= 4 is 35.1 Å². The van der Waals surface area contributed by atoms with E-state index in [4.69, 9.17) is 21.1 Å². The molecular weight excluding hydrogens is 426 g/mol. The second-order valence-electron chi connectivity index (χ2n) is 6.93. The van der Waals surface area contributed by atoms with Gasteiger partial charge in [0.05, 0.1) is 5.56 Å². The third-order valence-corrected chi connectivity index (χ3v) is 6.34. The van der Waals surface area contributed by atoms with Gasteiger partial charge in [-0.25, -0.2) is 4.98 Å². The molecule has 0 aliphatic carbocycles. The van der Waals surface area contributed by atoms with Crippen LogP contribution in [0.3, 0.4) is 0 Å². The Hall–Kier alpha value is -2.97. The van der Waals surface area contributed by atoms with Crippen molar-refractivity contribution in [1.29, 1.82) is 0 Å². The lowest BCUT2D eigenvalue weighted by Crippen LogP contribution is -2.31. The van der Waals surface area contributed by atoms with Gasteiger partial charge >= 0.3 is 0 Å². The second kappa shape index (κ2) is 7.70. The van der Waals surface area contributed by atoms with Crippen LogP contribution in [0, 0.1) is 0 Å². The molecule has 2 N–H and O–H groups in total. The van der Waals surface area contributed by atoms with Gasteiger partial charge in [-0.2, -0.15) is 0 Å². The molecule has 0 bridgehead atoms. The number of nitrogens with zero attached hydrogens (tertiary/aromatic N) is 1. The standard InChI is InChI=1S/C21H16ClN3O4S/c22-14-4-2-1-3-12(14)9-30-21-24-19-18(20(27)25-21)13(8-17(26)23-19)11-5-6-15-16(7-11)29-10-28-15/h1-7,13H,8-10H2,(H2,23,24,25,26,27)/t13-/m1/s1. The van der Waals surface area contributed by atoms with Crippen molar-refractivity contribution in [3.05, 3.63) is 74.5 Å². The van der Waals surface area contributed by atoms with Crippen LogP contribution in [0.5, 0.6) is 11.5 Å². The van der Waals surface area contributed by atoms with E-state index >= 15 is 0 Å². The lowest BCUT2D eigenvalue weighted by atomic mass is 9.86. The van der Waals surface area contributed by atoms with E-state index in [9.17, 15) is 9.59 Å². The molecule has 152 valence electrons. The number of aromatic nitrogens is 2. The Labute approximate surface area is 180 Å². The average molecular weight is 442 g/mol. The Kier molecular flexibility index (Phi) is 4.88. The van der Waals surface area contributed by atoms with Gasteiger partial charge < -0.3 is 19.8 Å². The number of hydrogen-bond donors (Lipinski definition) is 2. The van der Waals surface area contributed by atoms with Crippen molar-refractivity contribution in [2.45, 2.75) is 23.2 Å². The molecule has 0 saturated heterocycles. The van der Waals surface area contributed by atoms with Crippen LogP contribution in [0.25, 0.3) is 0 Å². The topological polar surface area (TPSA) is 93.3 Å². The first-order valence-corrected chi connectivity index (χ1v) is 10.6. The molecule has 3 heterocycles. The lowest BCUT2D eigenvalue weighted by molar-refractivity contribution is -0.116. The molecule has 5 rings (SSSR count). The number of halogens is 1. The minimum atomic E-state index is -0.415. The number of ether oxygens (including phenoxy) is 2. The number of aromatic amines is 1. The van der Waals surface area contributed by atoms with Gasteiger partial charge in [0, 0.05) is 23.1 Å².